The summed E-state index contributed by atoms with van der Waals surface area (Å²) in [6.07, 6.45) is 2.00. The molecule has 1 aliphatic heterocycles. The Morgan fingerprint density at radius 1 is 1.48 bits per heavy atom. The molecule has 1 amide bonds. The quantitative estimate of drug-likeness (QED) is 0.921. The van der Waals surface area contributed by atoms with Gasteiger partial charge in [0.25, 0.3) is 5.91 Å². The monoisotopic (exact) mass is 316 g/mol. The molecule has 0 bridgehead atoms. The van der Waals surface area contributed by atoms with Crippen molar-refractivity contribution in [2.45, 2.75) is 26.5 Å². The standard InChI is InChI=1S/C16H20N4O3/c1-11-7-14(23-19-11)16(21)18-9-13-3-4-15(17-8-13)20-5-6-22-12(2)10-20/h3-4,7-8,12H,5-6,9-10H2,1-2H3,(H,18,21)/t12-/m1/s1. The number of nitrogens with zero attached hydrogens (tertiary/aromatic N) is 3. The van der Waals surface area contributed by atoms with Gasteiger partial charge in [0.15, 0.2) is 0 Å². The fourth-order valence-corrected chi connectivity index (χ4v) is 2.47. The molecule has 1 aliphatic rings. The Hall–Kier alpha value is -2.41. The van der Waals surface area contributed by atoms with Crippen molar-refractivity contribution in [1.29, 1.82) is 0 Å². The summed E-state index contributed by atoms with van der Waals surface area (Å²) in [5.41, 5.74) is 1.61. The van der Waals surface area contributed by atoms with Crippen LogP contribution in [0.4, 0.5) is 5.82 Å². The van der Waals surface area contributed by atoms with Gasteiger partial charge in [0.1, 0.15) is 5.82 Å². The molecule has 3 heterocycles. The Morgan fingerprint density at radius 3 is 3.00 bits per heavy atom. The number of carbonyl (C=O) groups excluding carboxylic acids is 1. The first-order valence-electron chi connectivity index (χ1n) is 7.65. The van der Waals surface area contributed by atoms with Gasteiger partial charge in [-0.15, -0.1) is 0 Å². The van der Waals surface area contributed by atoms with Gasteiger partial charge >= 0.3 is 0 Å². The second-order valence-electron chi connectivity index (χ2n) is 5.67. The summed E-state index contributed by atoms with van der Waals surface area (Å²) in [5.74, 6) is 0.868. The van der Waals surface area contributed by atoms with E-state index in [0.29, 0.717) is 12.2 Å². The molecule has 23 heavy (non-hydrogen) atoms. The highest BCUT2D eigenvalue weighted by Crippen LogP contribution is 2.15. The molecule has 1 atom stereocenters. The molecule has 0 unspecified atom stereocenters. The van der Waals surface area contributed by atoms with Gasteiger partial charge in [-0.25, -0.2) is 4.98 Å². The SMILES string of the molecule is Cc1cc(C(=O)NCc2ccc(N3CCO[C@H](C)C3)nc2)on1. The van der Waals surface area contributed by atoms with Crippen molar-refractivity contribution in [3.63, 3.8) is 0 Å². The van der Waals surface area contributed by atoms with Crippen LogP contribution in [0.5, 0.6) is 0 Å². The highest BCUT2D eigenvalue weighted by molar-refractivity contribution is 5.91. The molecule has 0 aromatic carbocycles. The molecular formula is C16H20N4O3. The van der Waals surface area contributed by atoms with E-state index in [1.807, 2.05) is 12.1 Å². The Balaban J connectivity index is 1.56. The van der Waals surface area contributed by atoms with Crippen molar-refractivity contribution in [3.05, 3.63) is 41.4 Å². The fraction of sp³-hybridized carbons (Fsp3) is 0.438. The first-order chi connectivity index (χ1) is 11.1. The summed E-state index contributed by atoms with van der Waals surface area (Å²) in [5, 5.41) is 6.49. The Bertz CT molecular complexity index is 668. The smallest absolute Gasteiger partial charge is 0.290 e. The van der Waals surface area contributed by atoms with Gasteiger partial charge in [-0.2, -0.15) is 0 Å². The first kappa shape index (κ1) is 15.5. The third-order valence-electron chi connectivity index (χ3n) is 3.68. The van der Waals surface area contributed by atoms with E-state index < -0.39 is 0 Å². The zero-order chi connectivity index (χ0) is 16.2. The number of hydrogen-bond donors (Lipinski definition) is 1. The lowest BCUT2D eigenvalue weighted by atomic mass is 10.2. The summed E-state index contributed by atoms with van der Waals surface area (Å²) in [4.78, 5) is 18.6. The number of anilines is 1. The second-order valence-corrected chi connectivity index (χ2v) is 5.67. The van der Waals surface area contributed by atoms with Crippen LogP contribution in [0.3, 0.4) is 0 Å². The molecule has 2 aromatic rings. The molecule has 7 heteroatoms. The summed E-state index contributed by atoms with van der Waals surface area (Å²) < 4.78 is 10.5. The van der Waals surface area contributed by atoms with Crippen molar-refractivity contribution in [1.82, 2.24) is 15.5 Å². The lowest BCUT2D eigenvalue weighted by Gasteiger charge is -2.32. The third kappa shape index (κ3) is 3.87. The molecule has 0 aliphatic carbocycles. The zero-order valence-corrected chi connectivity index (χ0v) is 13.3. The van der Waals surface area contributed by atoms with Crippen LogP contribution < -0.4 is 10.2 Å². The fourth-order valence-electron chi connectivity index (χ4n) is 2.47. The molecule has 122 valence electrons. The largest absolute Gasteiger partial charge is 0.375 e. The van der Waals surface area contributed by atoms with E-state index in [1.54, 1.807) is 19.2 Å². The van der Waals surface area contributed by atoms with E-state index >= 15 is 0 Å². The summed E-state index contributed by atoms with van der Waals surface area (Å²) in [6.45, 7) is 6.63. The lowest BCUT2D eigenvalue weighted by Crippen LogP contribution is -2.41. The predicted molar refractivity (Wildman–Crippen MR) is 84.3 cm³/mol. The number of aryl methyl sites for hydroxylation is 1. The van der Waals surface area contributed by atoms with Crippen molar-refractivity contribution in [2.75, 3.05) is 24.6 Å². The van der Waals surface area contributed by atoms with E-state index in [0.717, 1.165) is 31.1 Å². The van der Waals surface area contributed by atoms with Crippen LogP contribution in [0.15, 0.2) is 28.9 Å². The molecule has 1 fully saturated rings. The van der Waals surface area contributed by atoms with Crippen molar-refractivity contribution in [2.24, 2.45) is 0 Å². The number of pyridine rings is 1. The maximum absolute atomic E-state index is 11.9. The maximum atomic E-state index is 11.9. The molecule has 3 rings (SSSR count). The Kier molecular flexibility index (Phi) is 4.57. The van der Waals surface area contributed by atoms with E-state index in [1.165, 1.54) is 0 Å². The van der Waals surface area contributed by atoms with Gasteiger partial charge in [-0.3, -0.25) is 4.79 Å². The van der Waals surface area contributed by atoms with Crippen molar-refractivity contribution < 1.29 is 14.1 Å². The van der Waals surface area contributed by atoms with Gasteiger partial charge in [0.2, 0.25) is 5.76 Å². The highest BCUT2D eigenvalue weighted by Gasteiger charge is 2.17. The van der Waals surface area contributed by atoms with E-state index in [-0.39, 0.29) is 17.8 Å². The average molecular weight is 316 g/mol. The van der Waals surface area contributed by atoms with Crippen LogP contribution in [0.25, 0.3) is 0 Å². The van der Waals surface area contributed by atoms with Crippen molar-refractivity contribution >= 4 is 11.7 Å². The number of nitrogens with one attached hydrogen (secondary N) is 1. The number of ether oxygens (including phenoxy) is 1. The molecule has 7 nitrogen and oxygen atoms in total. The maximum Gasteiger partial charge on any atom is 0.290 e. The molecule has 0 spiro atoms. The van der Waals surface area contributed by atoms with Gasteiger partial charge < -0.3 is 19.5 Å². The normalized spacial score (nSPS) is 18.0. The van der Waals surface area contributed by atoms with Crippen LogP contribution in [0.2, 0.25) is 0 Å². The molecule has 1 N–H and O–H groups in total. The number of hydrogen-bond acceptors (Lipinski definition) is 6. The van der Waals surface area contributed by atoms with E-state index in [2.05, 4.69) is 27.3 Å². The number of morpholine rings is 1. The zero-order valence-electron chi connectivity index (χ0n) is 13.3. The molecule has 1 saturated heterocycles. The Labute approximate surface area is 134 Å². The highest BCUT2D eigenvalue weighted by atomic mass is 16.5. The van der Waals surface area contributed by atoms with Gasteiger partial charge in [0.05, 0.1) is 18.4 Å². The van der Waals surface area contributed by atoms with E-state index in [4.69, 9.17) is 9.26 Å². The first-order valence-corrected chi connectivity index (χ1v) is 7.65. The van der Waals surface area contributed by atoms with Crippen LogP contribution in [0, 0.1) is 6.92 Å². The summed E-state index contributed by atoms with van der Waals surface area (Å²) >= 11 is 0. The summed E-state index contributed by atoms with van der Waals surface area (Å²) in [6, 6.07) is 5.54. The van der Waals surface area contributed by atoms with Crippen LogP contribution in [-0.2, 0) is 11.3 Å². The lowest BCUT2D eigenvalue weighted by molar-refractivity contribution is 0.0529. The minimum Gasteiger partial charge on any atom is -0.375 e. The van der Waals surface area contributed by atoms with Gasteiger partial charge in [0, 0.05) is 31.9 Å². The molecule has 0 saturated carbocycles. The van der Waals surface area contributed by atoms with E-state index in [9.17, 15) is 4.79 Å². The number of aromatic nitrogens is 2. The molecular weight excluding hydrogens is 296 g/mol. The Morgan fingerprint density at radius 2 is 2.35 bits per heavy atom. The average Bonchev–Trinajstić information content (AvgIpc) is 3.00. The molecule has 2 aromatic heterocycles. The van der Waals surface area contributed by atoms with Crippen LogP contribution >= 0.6 is 0 Å². The summed E-state index contributed by atoms with van der Waals surface area (Å²) in [7, 11) is 0. The number of rotatable bonds is 4. The number of carbonyl (C=O) groups is 1. The van der Waals surface area contributed by atoms with Gasteiger partial charge in [-0.1, -0.05) is 11.2 Å². The topological polar surface area (TPSA) is 80.5 Å². The van der Waals surface area contributed by atoms with Crippen LogP contribution in [-0.4, -0.2) is 41.8 Å². The minimum atomic E-state index is -0.281. The number of amides is 1. The van der Waals surface area contributed by atoms with Crippen molar-refractivity contribution in [3.8, 4) is 0 Å². The van der Waals surface area contributed by atoms with Gasteiger partial charge in [-0.05, 0) is 25.5 Å². The third-order valence-corrected chi connectivity index (χ3v) is 3.68. The molecule has 0 radical (unpaired) electrons. The minimum absolute atomic E-state index is 0.217. The predicted octanol–water partition coefficient (Wildman–Crippen LogP) is 1.53. The van der Waals surface area contributed by atoms with Crippen LogP contribution in [0.1, 0.15) is 28.7 Å². The second kappa shape index (κ2) is 6.78.